The molecule has 0 bridgehead atoms. The molecule has 2 aromatic rings. The molecule has 0 aliphatic rings. The quantitative estimate of drug-likeness (QED) is 0.382. The number of aryl methyl sites for hydroxylation is 1. The van der Waals surface area contributed by atoms with Gasteiger partial charge in [0.05, 0.1) is 19.2 Å². The van der Waals surface area contributed by atoms with Crippen LogP contribution in [0.4, 0.5) is 0 Å². The first-order valence-electron chi connectivity index (χ1n) is 8.37. The van der Waals surface area contributed by atoms with Gasteiger partial charge in [-0.1, -0.05) is 42.8 Å². The molecule has 0 atom stereocenters. The second kappa shape index (κ2) is 9.78. The fraction of sp³-hybridized carbons (Fsp3) is 0.238. The minimum atomic E-state index is -0.626. The van der Waals surface area contributed by atoms with Crippen LogP contribution < -0.4 is 9.47 Å². The smallest absolute Gasteiger partial charge is 0.331 e. The second-order valence-corrected chi connectivity index (χ2v) is 6.06. The Morgan fingerprint density at radius 1 is 1.07 bits per heavy atom. The summed E-state index contributed by atoms with van der Waals surface area (Å²) in [7, 11) is 2.98. The van der Waals surface area contributed by atoms with Crippen LogP contribution in [0, 0.1) is 0 Å². The fourth-order valence-electron chi connectivity index (χ4n) is 2.39. The third-order valence-corrected chi connectivity index (χ3v) is 4.18. The van der Waals surface area contributed by atoms with Gasteiger partial charge in [-0.2, -0.15) is 0 Å². The van der Waals surface area contributed by atoms with E-state index in [1.54, 1.807) is 24.3 Å². The van der Waals surface area contributed by atoms with Crippen LogP contribution in [-0.4, -0.2) is 32.6 Å². The van der Waals surface area contributed by atoms with Crippen LogP contribution in [0.2, 0.25) is 5.02 Å². The first kappa shape index (κ1) is 20.5. The highest BCUT2D eigenvalue weighted by atomic mass is 35.5. The fourth-order valence-corrected chi connectivity index (χ4v) is 2.69. The van der Waals surface area contributed by atoms with Crippen molar-refractivity contribution >= 4 is 29.4 Å². The molecule has 2 rings (SSSR count). The highest BCUT2D eigenvalue weighted by molar-refractivity contribution is 6.32. The van der Waals surface area contributed by atoms with Crippen molar-refractivity contribution in [1.29, 1.82) is 0 Å². The molecule has 0 aromatic heterocycles. The summed E-state index contributed by atoms with van der Waals surface area (Å²) in [6, 6.07) is 10.5. The zero-order valence-electron chi connectivity index (χ0n) is 15.5. The number of ketones is 1. The highest BCUT2D eigenvalue weighted by Gasteiger charge is 2.11. The SMILES string of the molecule is CCc1ccc(C(=O)COC(=O)/C=C/c2cc(Cl)c(OC)c(OC)c2)cc1. The first-order valence-corrected chi connectivity index (χ1v) is 8.74. The van der Waals surface area contributed by atoms with Gasteiger partial charge in [0.25, 0.3) is 0 Å². The molecule has 0 heterocycles. The van der Waals surface area contributed by atoms with Gasteiger partial charge < -0.3 is 14.2 Å². The maximum Gasteiger partial charge on any atom is 0.331 e. The van der Waals surface area contributed by atoms with Crippen LogP contribution >= 0.6 is 11.6 Å². The number of rotatable bonds is 8. The standard InChI is InChI=1S/C21H21ClO5/c1-4-14-5-8-16(9-6-14)18(23)13-27-20(24)10-7-15-11-17(22)21(26-3)19(12-15)25-2/h5-12H,4,13H2,1-3H3/b10-7+. The summed E-state index contributed by atoms with van der Waals surface area (Å²) in [6.07, 6.45) is 3.65. The van der Waals surface area contributed by atoms with Gasteiger partial charge in [-0.05, 0) is 35.8 Å². The van der Waals surface area contributed by atoms with Crippen LogP contribution in [0.1, 0.15) is 28.4 Å². The number of halogens is 1. The van der Waals surface area contributed by atoms with Crippen LogP contribution in [0.25, 0.3) is 6.08 Å². The Morgan fingerprint density at radius 3 is 2.37 bits per heavy atom. The Hall–Kier alpha value is -2.79. The van der Waals surface area contributed by atoms with E-state index in [0.29, 0.717) is 27.6 Å². The third kappa shape index (κ3) is 5.59. The van der Waals surface area contributed by atoms with E-state index in [1.165, 1.54) is 26.4 Å². The van der Waals surface area contributed by atoms with E-state index in [0.717, 1.165) is 12.0 Å². The highest BCUT2D eigenvalue weighted by Crippen LogP contribution is 2.36. The first-order chi connectivity index (χ1) is 13.0. The molecular formula is C21H21ClO5. The number of benzene rings is 2. The lowest BCUT2D eigenvalue weighted by atomic mass is 10.1. The van der Waals surface area contributed by atoms with E-state index in [-0.39, 0.29) is 12.4 Å². The van der Waals surface area contributed by atoms with Gasteiger partial charge >= 0.3 is 5.97 Å². The molecule has 0 saturated carbocycles. The summed E-state index contributed by atoms with van der Waals surface area (Å²) < 4.78 is 15.4. The van der Waals surface area contributed by atoms with Gasteiger partial charge in [0.15, 0.2) is 23.9 Å². The molecule has 0 aliphatic carbocycles. The van der Waals surface area contributed by atoms with Gasteiger partial charge in [-0.3, -0.25) is 4.79 Å². The largest absolute Gasteiger partial charge is 0.493 e. The lowest BCUT2D eigenvalue weighted by Gasteiger charge is -2.10. The van der Waals surface area contributed by atoms with E-state index >= 15 is 0 Å². The summed E-state index contributed by atoms with van der Waals surface area (Å²) in [5.74, 6) is -0.0182. The van der Waals surface area contributed by atoms with Crippen LogP contribution in [-0.2, 0) is 16.0 Å². The summed E-state index contributed by atoms with van der Waals surface area (Å²) in [5, 5.41) is 0.357. The van der Waals surface area contributed by atoms with Crippen LogP contribution in [0.5, 0.6) is 11.5 Å². The van der Waals surface area contributed by atoms with Gasteiger partial charge in [-0.15, -0.1) is 0 Å². The number of carbonyl (C=O) groups is 2. The zero-order valence-corrected chi connectivity index (χ0v) is 16.2. The van der Waals surface area contributed by atoms with Crippen molar-refractivity contribution < 1.29 is 23.8 Å². The van der Waals surface area contributed by atoms with E-state index in [9.17, 15) is 9.59 Å². The molecule has 27 heavy (non-hydrogen) atoms. The molecule has 0 unspecified atom stereocenters. The van der Waals surface area contributed by atoms with Gasteiger partial charge in [-0.25, -0.2) is 4.79 Å². The molecule has 0 spiro atoms. The van der Waals surface area contributed by atoms with Crippen molar-refractivity contribution in [2.24, 2.45) is 0 Å². The Bertz CT molecular complexity index is 840. The summed E-state index contributed by atoms with van der Waals surface area (Å²) in [5.41, 5.74) is 2.28. The van der Waals surface area contributed by atoms with Crippen molar-refractivity contribution in [3.05, 3.63) is 64.2 Å². The van der Waals surface area contributed by atoms with Crippen molar-refractivity contribution in [3.8, 4) is 11.5 Å². The predicted octanol–water partition coefficient (Wildman–Crippen LogP) is 4.36. The Labute approximate surface area is 163 Å². The molecule has 5 nitrogen and oxygen atoms in total. The molecule has 0 N–H and O–H groups in total. The third-order valence-electron chi connectivity index (χ3n) is 3.90. The summed E-state index contributed by atoms with van der Waals surface area (Å²) in [4.78, 5) is 23.9. The Morgan fingerprint density at radius 2 is 1.78 bits per heavy atom. The van der Waals surface area contributed by atoms with Gasteiger partial charge in [0.2, 0.25) is 0 Å². The number of hydrogen-bond donors (Lipinski definition) is 0. The zero-order chi connectivity index (χ0) is 19.8. The maximum absolute atomic E-state index is 12.1. The minimum absolute atomic E-state index is 0.256. The van der Waals surface area contributed by atoms with E-state index in [2.05, 4.69) is 0 Å². The topological polar surface area (TPSA) is 61.8 Å². The molecular weight excluding hydrogens is 368 g/mol. The molecule has 2 aromatic carbocycles. The van der Waals surface area contributed by atoms with Crippen LogP contribution in [0.3, 0.4) is 0 Å². The normalized spacial score (nSPS) is 10.7. The van der Waals surface area contributed by atoms with Crippen molar-refractivity contribution in [1.82, 2.24) is 0 Å². The summed E-state index contributed by atoms with van der Waals surface area (Å²) in [6.45, 7) is 1.72. The molecule has 6 heteroatoms. The van der Waals surface area contributed by atoms with E-state index in [1.807, 2.05) is 19.1 Å². The number of hydrogen-bond acceptors (Lipinski definition) is 5. The van der Waals surface area contributed by atoms with Crippen molar-refractivity contribution in [2.75, 3.05) is 20.8 Å². The maximum atomic E-state index is 12.1. The lowest BCUT2D eigenvalue weighted by Crippen LogP contribution is -2.12. The lowest BCUT2D eigenvalue weighted by molar-refractivity contribution is -0.136. The second-order valence-electron chi connectivity index (χ2n) is 5.65. The predicted molar refractivity (Wildman–Crippen MR) is 105 cm³/mol. The van der Waals surface area contributed by atoms with E-state index in [4.69, 9.17) is 25.8 Å². The molecule has 142 valence electrons. The van der Waals surface area contributed by atoms with E-state index < -0.39 is 5.97 Å². The van der Waals surface area contributed by atoms with Crippen molar-refractivity contribution in [3.63, 3.8) is 0 Å². The van der Waals surface area contributed by atoms with Gasteiger partial charge in [0, 0.05) is 11.6 Å². The number of esters is 1. The average molecular weight is 389 g/mol. The minimum Gasteiger partial charge on any atom is -0.493 e. The number of ether oxygens (including phenoxy) is 3. The monoisotopic (exact) mass is 388 g/mol. The molecule has 0 fully saturated rings. The summed E-state index contributed by atoms with van der Waals surface area (Å²) >= 11 is 6.12. The van der Waals surface area contributed by atoms with Crippen LogP contribution in [0.15, 0.2) is 42.5 Å². The Balaban J connectivity index is 1.96. The average Bonchev–Trinajstić information content (AvgIpc) is 2.69. The Kier molecular flexibility index (Phi) is 7.44. The molecule has 0 saturated heterocycles. The van der Waals surface area contributed by atoms with Gasteiger partial charge in [0.1, 0.15) is 0 Å². The number of Topliss-reactive ketones (excluding diaryl/α,β-unsaturated/α-hetero) is 1. The number of carbonyl (C=O) groups excluding carboxylic acids is 2. The molecule has 0 aliphatic heterocycles. The number of methoxy groups -OCH3 is 2. The van der Waals surface area contributed by atoms with Crippen molar-refractivity contribution in [2.45, 2.75) is 13.3 Å². The molecule has 0 amide bonds. The molecule has 0 radical (unpaired) electrons.